The molecular weight excluding hydrogens is 342 g/mol. The molecule has 0 saturated carbocycles. The van der Waals surface area contributed by atoms with E-state index in [-0.39, 0.29) is 12.1 Å². The van der Waals surface area contributed by atoms with Gasteiger partial charge in [-0.05, 0) is 42.3 Å². The van der Waals surface area contributed by atoms with Gasteiger partial charge in [0.15, 0.2) is 0 Å². The number of aliphatic hydroxyl groups is 1. The number of carbonyl (C=O) groups is 1. The van der Waals surface area contributed by atoms with Crippen molar-refractivity contribution >= 4 is 11.7 Å². The van der Waals surface area contributed by atoms with Crippen LogP contribution in [0.15, 0.2) is 48.5 Å². The number of likely N-dealkylation sites (tertiary alicyclic amines) is 1. The summed E-state index contributed by atoms with van der Waals surface area (Å²) in [6.45, 7) is 5.04. The van der Waals surface area contributed by atoms with Crippen molar-refractivity contribution in [2.24, 2.45) is 5.92 Å². The van der Waals surface area contributed by atoms with Crippen molar-refractivity contribution in [3.8, 4) is 5.75 Å². The molecule has 1 aliphatic heterocycles. The Kier molecular flexibility index (Phi) is 6.32. The molecule has 2 aromatic rings. The number of benzene rings is 2. The number of nitrogens with one attached hydrogen (secondary N) is 2. The molecule has 1 saturated heterocycles. The van der Waals surface area contributed by atoms with Crippen LogP contribution >= 0.6 is 0 Å². The minimum absolute atomic E-state index is 0.232. The summed E-state index contributed by atoms with van der Waals surface area (Å²) in [6, 6.07) is 15.2. The number of carbonyl (C=O) groups excluding carboxylic acids is 1. The number of methoxy groups -OCH3 is 1. The summed E-state index contributed by atoms with van der Waals surface area (Å²) in [5.74, 6) is 1.18. The zero-order valence-corrected chi connectivity index (χ0v) is 15.8. The molecule has 0 aliphatic carbocycles. The van der Waals surface area contributed by atoms with Gasteiger partial charge in [-0.2, -0.15) is 0 Å². The van der Waals surface area contributed by atoms with E-state index in [4.69, 9.17) is 4.74 Å². The van der Waals surface area contributed by atoms with Crippen molar-refractivity contribution < 1.29 is 14.6 Å². The van der Waals surface area contributed by atoms with Crippen LogP contribution in [0.5, 0.6) is 5.75 Å². The Labute approximate surface area is 160 Å². The molecule has 0 spiro atoms. The fourth-order valence-corrected chi connectivity index (χ4v) is 3.10. The highest BCUT2D eigenvalue weighted by Gasteiger charge is 2.29. The fourth-order valence-electron chi connectivity index (χ4n) is 3.10. The second kappa shape index (κ2) is 8.88. The first-order valence-electron chi connectivity index (χ1n) is 9.20. The Morgan fingerprint density at radius 3 is 2.37 bits per heavy atom. The fraction of sp³-hybridized carbons (Fsp3) is 0.381. The van der Waals surface area contributed by atoms with Crippen molar-refractivity contribution in [1.29, 1.82) is 0 Å². The van der Waals surface area contributed by atoms with Gasteiger partial charge in [-0.25, -0.2) is 4.79 Å². The number of rotatable bonds is 7. The van der Waals surface area contributed by atoms with Crippen molar-refractivity contribution in [3.63, 3.8) is 0 Å². The van der Waals surface area contributed by atoms with E-state index in [0.717, 1.165) is 36.6 Å². The van der Waals surface area contributed by atoms with E-state index in [1.54, 1.807) is 7.11 Å². The monoisotopic (exact) mass is 369 g/mol. The molecule has 1 atom stereocenters. The van der Waals surface area contributed by atoms with Crippen LogP contribution < -0.4 is 15.4 Å². The first-order valence-corrected chi connectivity index (χ1v) is 9.20. The number of ether oxygens (including phenoxy) is 1. The quantitative estimate of drug-likeness (QED) is 0.702. The number of urea groups is 1. The number of amides is 2. The van der Waals surface area contributed by atoms with E-state index in [1.165, 1.54) is 5.56 Å². The van der Waals surface area contributed by atoms with Crippen LogP contribution in [0.25, 0.3) is 0 Å². The smallest absolute Gasteiger partial charge is 0.319 e. The van der Waals surface area contributed by atoms with E-state index < -0.39 is 0 Å². The lowest BCUT2D eigenvalue weighted by molar-refractivity contribution is 0.00122. The predicted molar refractivity (Wildman–Crippen MR) is 106 cm³/mol. The molecule has 0 bridgehead atoms. The molecule has 1 aliphatic rings. The first kappa shape index (κ1) is 19.2. The molecule has 144 valence electrons. The minimum Gasteiger partial charge on any atom is -0.497 e. The Morgan fingerprint density at radius 2 is 1.78 bits per heavy atom. The standard InChI is InChI=1S/C21H27N3O3/c1-15(25)18-13-24(14-18)12-17-3-7-19(8-4-17)23-21(26)22-11-16-5-9-20(27-2)10-6-16/h3-10,15,18,25H,11-14H2,1-2H3,(H2,22,23,26)/t15-/m0/s1. The predicted octanol–water partition coefficient (Wildman–Crippen LogP) is 2.83. The topological polar surface area (TPSA) is 73.8 Å². The van der Waals surface area contributed by atoms with E-state index in [1.807, 2.05) is 55.5 Å². The molecule has 27 heavy (non-hydrogen) atoms. The van der Waals surface area contributed by atoms with Crippen molar-refractivity contribution in [2.75, 3.05) is 25.5 Å². The zero-order chi connectivity index (χ0) is 19.2. The largest absolute Gasteiger partial charge is 0.497 e. The Balaban J connectivity index is 1.41. The van der Waals surface area contributed by atoms with E-state index in [0.29, 0.717) is 12.5 Å². The number of hydrogen-bond acceptors (Lipinski definition) is 4. The third-order valence-corrected chi connectivity index (χ3v) is 4.90. The molecule has 3 rings (SSSR count). The van der Waals surface area contributed by atoms with Gasteiger partial charge in [-0.3, -0.25) is 4.90 Å². The SMILES string of the molecule is COc1ccc(CNC(=O)Nc2ccc(CN3CC([C@H](C)O)C3)cc2)cc1. The summed E-state index contributed by atoms with van der Waals surface area (Å²) >= 11 is 0. The highest BCUT2D eigenvalue weighted by atomic mass is 16.5. The van der Waals surface area contributed by atoms with Gasteiger partial charge in [0, 0.05) is 37.8 Å². The molecule has 0 unspecified atom stereocenters. The number of aliphatic hydroxyl groups excluding tert-OH is 1. The molecule has 6 heteroatoms. The third kappa shape index (κ3) is 5.45. The normalized spacial score (nSPS) is 15.7. The highest BCUT2D eigenvalue weighted by molar-refractivity contribution is 5.89. The maximum absolute atomic E-state index is 12.0. The summed E-state index contributed by atoms with van der Waals surface area (Å²) in [5, 5.41) is 15.2. The molecule has 3 N–H and O–H groups in total. The second-order valence-corrected chi connectivity index (χ2v) is 7.05. The maximum atomic E-state index is 12.0. The lowest BCUT2D eigenvalue weighted by Crippen LogP contribution is -2.50. The van der Waals surface area contributed by atoms with Crippen LogP contribution in [-0.4, -0.2) is 42.3 Å². The lowest BCUT2D eigenvalue weighted by atomic mass is 9.94. The Bertz CT molecular complexity index is 738. The van der Waals surface area contributed by atoms with E-state index in [2.05, 4.69) is 15.5 Å². The maximum Gasteiger partial charge on any atom is 0.319 e. The molecule has 0 aromatic heterocycles. The molecule has 6 nitrogen and oxygen atoms in total. The van der Waals surface area contributed by atoms with Crippen LogP contribution in [-0.2, 0) is 13.1 Å². The average molecular weight is 369 g/mol. The highest BCUT2D eigenvalue weighted by Crippen LogP contribution is 2.22. The number of anilines is 1. The van der Waals surface area contributed by atoms with Gasteiger partial charge in [0.25, 0.3) is 0 Å². The zero-order valence-electron chi connectivity index (χ0n) is 15.8. The van der Waals surface area contributed by atoms with Crippen LogP contribution in [0.3, 0.4) is 0 Å². The van der Waals surface area contributed by atoms with Crippen LogP contribution in [0.2, 0.25) is 0 Å². The summed E-state index contributed by atoms with van der Waals surface area (Å²) in [4.78, 5) is 14.4. The molecule has 1 fully saturated rings. The molecule has 1 heterocycles. The Hall–Kier alpha value is -2.57. The minimum atomic E-state index is -0.235. The van der Waals surface area contributed by atoms with Gasteiger partial charge in [-0.1, -0.05) is 24.3 Å². The second-order valence-electron chi connectivity index (χ2n) is 7.05. The van der Waals surface area contributed by atoms with Gasteiger partial charge in [0.05, 0.1) is 13.2 Å². The molecule has 0 radical (unpaired) electrons. The van der Waals surface area contributed by atoms with E-state index >= 15 is 0 Å². The van der Waals surface area contributed by atoms with E-state index in [9.17, 15) is 9.90 Å². The van der Waals surface area contributed by atoms with Gasteiger partial charge in [0.1, 0.15) is 5.75 Å². The van der Waals surface area contributed by atoms with Gasteiger partial charge in [-0.15, -0.1) is 0 Å². The van der Waals surface area contributed by atoms with Crippen molar-refractivity contribution in [2.45, 2.75) is 26.1 Å². The third-order valence-electron chi connectivity index (χ3n) is 4.90. The summed E-state index contributed by atoms with van der Waals surface area (Å²) in [5.41, 5.74) is 2.96. The molecule has 2 aromatic carbocycles. The summed E-state index contributed by atoms with van der Waals surface area (Å²) in [7, 11) is 1.63. The van der Waals surface area contributed by atoms with Gasteiger partial charge in [0.2, 0.25) is 0 Å². The van der Waals surface area contributed by atoms with Crippen LogP contribution in [0.1, 0.15) is 18.1 Å². The van der Waals surface area contributed by atoms with Gasteiger partial charge < -0.3 is 20.5 Å². The van der Waals surface area contributed by atoms with Crippen molar-refractivity contribution in [1.82, 2.24) is 10.2 Å². The number of nitrogens with zero attached hydrogens (tertiary/aromatic N) is 1. The summed E-state index contributed by atoms with van der Waals surface area (Å²) in [6.07, 6.45) is -0.232. The van der Waals surface area contributed by atoms with Crippen molar-refractivity contribution in [3.05, 3.63) is 59.7 Å². The molecular formula is C21H27N3O3. The Morgan fingerprint density at radius 1 is 1.15 bits per heavy atom. The van der Waals surface area contributed by atoms with Gasteiger partial charge >= 0.3 is 6.03 Å². The summed E-state index contributed by atoms with van der Waals surface area (Å²) < 4.78 is 5.12. The van der Waals surface area contributed by atoms with Crippen LogP contribution in [0.4, 0.5) is 10.5 Å². The van der Waals surface area contributed by atoms with Crippen LogP contribution in [0, 0.1) is 5.92 Å². The molecule has 2 amide bonds. The number of hydrogen-bond donors (Lipinski definition) is 3. The first-order chi connectivity index (χ1) is 13.0. The lowest BCUT2D eigenvalue weighted by Gasteiger charge is -2.40. The average Bonchev–Trinajstić information content (AvgIpc) is 2.64.